The van der Waals surface area contributed by atoms with Crippen molar-refractivity contribution in [2.75, 3.05) is 6.54 Å². The average molecular weight is 174 g/mol. The molecule has 1 aliphatic rings. The normalized spacial score (nSPS) is 16.6. The molecule has 1 saturated carbocycles. The van der Waals surface area contributed by atoms with Gasteiger partial charge in [0.15, 0.2) is 0 Å². The average Bonchev–Trinajstić information content (AvgIpc) is 2.98. The molecule has 68 valence electrons. The van der Waals surface area contributed by atoms with Crippen LogP contribution in [0, 0.1) is 0 Å². The molecular weight excluding hydrogens is 160 g/mol. The van der Waals surface area contributed by atoms with Crippen LogP contribution < -0.4 is 5.32 Å². The van der Waals surface area contributed by atoms with E-state index in [1.165, 1.54) is 18.4 Å². The standard InChI is InChI=1S/C11H14N2/c1(7-13-11-3-4-11)2-10-5-8-12-9-6-10/h1-2,5-6,8-9,11,13H,3-4,7H2. The van der Waals surface area contributed by atoms with Crippen molar-refractivity contribution in [1.82, 2.24) is 10.3 Å². The summed E-state index contributed by atoms with van der Waals surface area (Å²) in [7, 11) is 0. The largest absolute Gasteiger partial charge is 0.311 e. The van der Waals surface area contributed by atoms with Gasteiger partial charge in [0.05, 0.1) is 0 Å². The van der Waals surface area contributed by atoms with E-state index in [0.29, 0.717) is 0 Å². The first-order chi connectivity index (χ1) is 6.45. The van der Waals surface area contributed by atoms with E-state index in [9.17, 15) is 0 Å². The lowest BCUT2D eigenvalue weighted by atomic mass is 10.2. The summed E-state index contributed by atoms with van der Waals surface area (Å²) in [5.74, 6) is 0. The topological polar surface area (TPSA) is 24.9 Å². The highest BCUT2D eigenvalue weighted by atomic mass is 14.9. The van der Waals surface area contributed by atoms with Gasteiger partial charge in [0, 0.05) is 25.0 Å². The van der Waals surface area contributed by atoms with Gasteiger partial charge in [0.2, 0.25) is 0 Å². The predicted octanol–water partition coefficient (Wildman–Crippen LogP) is 1.85. The van der Waals surface area contributed by atoms with Crippen molar-refractivity contribution in [2.45, 2.75) is 18.9 Å². The maximum Gasteiger partial charge on any atom is 0.0273 e. The van der Waals surface area contributed by atoms with E-state index < -0.39 is 0 Å². The molecule has 1 aromatic heterocycles. The van der Waals surface area contributed by atoms with E-state index in [0.717, 1.165) is 12.6 Å². The molecule has 0 amide bonds. The molecule has 1 heterocycles. The second-order valence-electron chi connectivity index (χ2n) is 3.37. The SMILES string of the molecule is C(=Cc1ccncc1)CNC1CC1. The molecule has 1 aromatic rings. The Bertz CT molecular complexity index is 275. The summed E-state index contributed by atoms with van der Waals surface area (Å²) < 4.78 is 0. The van der Waals surface area contributed by atoms with Crippen molar-refractivity contribution in [2.24, 2.45) is 0 Å². The van der Waals surface area contributed by atoms with Crippen molar-refractivity contribution in [3.63, 3.8) is 0 Å². The Morgan fingerprint density at radius 1 is 1.38 bits per heavy atom. The fourth-order valence-electron chi connectivity index (χ4n) is 1.19. The molecule has 2 nitrogen and oxygen atoms in total. The van der Waals surface area contributed by atoms with E-state index >= 15 is 0 Å². The minimum Gasteiger partial charge on any atom is -0.311 e. The lowest BCUT2D eigenvalue weighted by molar-refractivity contribution is 0.754. The van der Waals surface area contributed by atoms with Crippen LogP contribution in [0.4, 0.5) is 0 Å². The summed E-state index contributed by atoms with van der Waals surface area (Å²) in [6.45, 7) is 0.979. The number of nitrogens with one attached hydrogen (secondary N) is 1. The minimum absolute atomic E-state index is 0.794. The number of hydrogen-bond donors (Lipinski definition) is 1. The van der Waals surface area contributed by atoms with Crippen LogP contribution >= 0.6 is 0 Å². The molecule has 2 heteroatoms. The lowest BCUT2D eigenvalue weighted by Crippen LogP contribution is -2.15. The second kappa shape index (κ2) is 4.19. The zero-order valence-corrected chi connectivity index (χ0v) is 7.61. The van der Waals surface area contributed by atoms with Gasteiger partial charge in [-0.05, 0) is 30.5 Å². The smallest absolute Gasteiger partial charge is 0.0273 e. The minimum atomic E-state index is 0.794. The van der Waals surface area contributed by atoms with Crippen molar-refractivity contribution >= 4 is 6.08 Å². The summed E-state index contributed by atoms with van der Waals surface area (Å²) in [5, 5.41) is 3.42. The lowest BCUT2D eigenvalue weighted by Gasteiger charge is -1.95. The molecule has 0 aromatic carbocycles. The van der Waals surface area contributed by atoms with E-state index in [1.54, 1.807) is 0 Å². The molecule has 0 atom stereocenters. The molecule has 13 heavy (non-hydrogen) atoms. The highest BCUT2D eigenvalue weighted by Gasteiger charge is 2.18. The first kappa shape index (κ1) is 8.45. The van der Waals surface area contributed by atoms with E-state index in [4.69, 9.17) is 0 Å². The monoisotopic (exact) mass is 174 g/mol. The van der Waals surface area contributed by atoms with E-state index in [1.807, 2.05) is 24.5 Å². The van der Waals surface area contributed by atoms with Gasteiger partial charge in [-0.15, -0.1) is 0 Å². The highest BCUT2D eigenvalue weighted by Crippen LogP contribution is 2.18. The number of pyridine rings is 1. The van der Waals surface area contributed by atoms with Crippen molar-refractivity contribution in [3.8, 4) is 0 Å². The number of nitrogens with zero attached hydrogens (tertiary/aromatic N) is 1. The van der Waals surface area contributed by atoms with Crippen molar-refractivity contribution < 1.29 is 0 Å². The summed E-state index contributed by atoms with van der Waals surface area (Å²) in [4.78, 5) is 3.96. The van der Waals surface area contributed by atoms with Crippen LogP contribution in [0.25, 0.3) is 6.08 Å². The zero-order chi connectivity index (χ0) is 8.93. The van der Waals surface area contributed by atoms with Crippen LogP contribution in [0.3, 0.4) is 0 Å². The fourth-order valence-corrected chi connectivity index (χ4v) is 1.19. The predicted molar refractivity (Wildman–Crippen MR) is 54.3 cm³/mol. The summed E-state index contributed by atoms with van der Waals surface area (Å²) in [6, 6.07) is 4.81. The molecule has 0 unspecified atom stereocenters. The first-order valence-corrected chi connectivity index (χ1v) is 4.75. The Morgan fingerprint density at radius 2 is 2.15 bits per heavy atom. The third-order valence-corrected chi connectivity index (χ3v) is 2.12. The van der Waals surface area contributed by atoms with Crippen molar-refractivity contribution in [3.05, 3.63) is 36.2 Å². The molecule has 1 N–H and O–H groups in total. The molecular formula is C11H14N2. The summed E-state index contributed by atoms with van der Waals surface area (Å²) >= 11 is 0. The van der Waals surface area contributed by atoms with Crippen molar-refractivity contribution in [1.29, 1.82) is 0 Å². The van der Waals surface area contributed by atoms with Crippen LogP contribution in [-0.2, 0) is 0 Å². The van der Waals surface area contributed by atoms with Crippen LogP contribution in [0.1, 0.15) is 18.4 Å². The van der Waals surface area contributed by atoms with Gasteiger partial charge in [0.25, 0.3) is 0 Å². The Balaban J connectivity index is 1.76. The second-order valence-corrected chi connectivity index (χ2v) is 3.37. The van der Waals surface area contributed by atoms with Crippen LogP contribution in [0.15, 0.2) is 30.6 Å². The molecule has 1 aliphatic carbocycles. The van der Waals surface area contributed by atoms with Gasteiger partial charge in [-0.25, -0.2) is 0 Å². The summed E-state index contributed by atoms with van der Waals surface area (Å²) in [6.07, 6.45) is 10.6. The van der Waals surface area contributed by atoms with Crippen LogP contribution in [0.2, 0.25) is 0 Å². The molecule has 0 aliphatic heterocycles. The van der Waals surface area contributed by atoms with Crippen LogP contribution in [0.5, 0.6) is 0 Å². The third-order valence-electron chi connectivity index (χ3n) is 2.12. The van der Waals surface area contributed by atoms with Gasteiger partial charge in [-0.3, -0.25) is 4.98 Å². The van der Waals surface area contributed by atoms with E-state index in [-0.39, 0.29) is 0 Å². The Kier molecular flexibility index (Phi) is 2.72. The molecule has 0 bridgehead atoms. The van der Waals surface area contributed by atoms with Gasteiger partial charge >= 0.3 is 0 Å². The Hall–Kier alpha value is -1.15. The maximum absolute atomic E-state index is 3.96. The van der Waals surface area contributed by atoms with Gasteiger partial charge in [-0.1, -0.05) is 12.2 Å². The maximum atomic E-state index is 3.96. The number of hydrogen-bond acceptors (Lipinski definition) is 2. The zero-order valence-electron chi connectivity index (χ0n) is 7.61. The van der Waals surface area contributed by atoms with Gasteiger partial charge < -0.3 is 5.32 Å². The molecule has 1 fully saturated rings. The third kappa shape index (κ3) is 2.99. The number of aromatic nitrogens is 1. The Morgan fingerprint density at radius 3 is 2.85 bits per heavy atom. The molecule has 0 saturated heterocycles. The summed E-state index contributed by atoms with van der Waals surface area (Å²) in [5.41, 5.74) is 1.22. The van der Waals surface area contributed by atoms with Gasteiger partial charge in [0.1, 0.15) is 0 Å². The van der Waals surface area contributed by atoms with Crippen LogP contribution in [-0.4, -0.2) is 17.6 Å². The van der Waals surface area contributed by atoms with E-state index in [2.05, 4.69) is 22.5 Å². The molecule has 0 spiro atoms. The van der Waals surface area contributed by atoms with Gasteiger partial charge in [-0.2, -0.15) is 0 Å². The Labute approximate surface area is 78.7 Å². The highest BCUT2D eigenvalue weighted by molar-refractivity contribution is 5.47. The first-order valence-electron chi connectivity index (χ1n) is 4.75. The molecule has 2 rings (SSSR count). The fraction of sp³-hybridized carbons (Fsp3) is 0.364. The number of rotatable bonds is 4. The quantitative estimate of drug-likeness (QED) is 0.753. The molecule has 0 radical (unpaired) electrons.